The van der Waals surface area contributed by atoms with E-state index in [-0.39, 0.29) is 33.4 Å². The molecule has 1 heterocycles. The van der Waals surface area contributed by atoms with E-state index in [1.807, 2.05) is 0 Å². The molecule has 4 aliphatic rings. The van der Waals surface area contributed by atoms with Crippen molar-refractivity contribution in [3.8, 4) is 0 Å². The van der Waals surface area contributed by atoms with Crippen LogP contribution in [0.4, 0.5) is 0 Å². The first kappa shape index (κ1) is 16.6. The summed E-state index contributed by atoms with van der Waals surface area (Å²) < 4.78 is 11.9. The Kier molecular flexibility index (Phi) is 3.23. The number of carbonyl (C=O) groups excluding carboxylic acids is 1. The lowest BCUT2D eigenvalue weighted by Gasteiger charge is -2.58. The molecule has 0 amide bonds. The SMILES string of the molecule is C=C[C@]1(C)CC[C@]23O[C@]2(CC[C@H]2[C@](C)(C(=O)OC)CCC[C@@]23C)C1. The van der Waals surface area contributed by atoms with Crippen molar-refractivity contribution in [1.82, 2.24) is 0 Å². The molecule has 0 spiro atoms. The van der Waals surface area contributed by atoms with E-state index in [9.17, 15) is 4.79 Å². The highest BCUT2D eigenvalue weighted by Gasteiger charge is 2.83. The molecule has 0 aromatic heterocycles. The predicted molar refractivity (Wildman–Crippen MR) is 93.5 cm³/mol. The molecular formula is C21H32O3. The minimum atomic E-state index is -0.353. The van der Waals surface area contributed by atoms with Crippen LogP contribution in [0.2, 0.25) is 0 Å². The number of allylic oxidation sites excluding steroid dienone is 1. The van der Waals surface area contributed by atoms with Crippen molar-refractivity contribution in [1.29, 1.82) is 0 Å². The van der Waals surface area contributed by atoms with Gasteiger partial charge in [-0.2, -0.15) is 0 Å². The molecule has 1 saturated heterocycles. The van der Waals surface area contributed by atoms with Crippen LogP contribution < -0.4 is 0 Å². The van der Waals surface area contributed by atoms with E-state index in [1.165, 1.54) is 13.5 Å². The topological polar surface area (TPSA) is 38.8 Å². The van der Waals surface area contributed by atoms with E-state index in [0.717, 1.165) is 44.9 Å². The number of hydrogen-bond acceptors (Lipinski definition) is 3. The number of rotatable bonds is 2. The normalized spacial score (nSPS) is 55.6. The first-order chi connectivity index (χ1) is 11.2. The Morgan fingerprint density at radius 1 is 1.17 bits per heavy atom. The lowest BCUT2D eigenvalue weighted by atomic mass is 9.43. The van der Waals surface area contributed by atoms with Crippen molar-refractivity contribution < 1.29 is 14.3 Å². The zero-order valence-corrected chi connectivity index (χ0v) is 15.7. The molecule has 1 aliphatic heterocycles. The van der Waals surface area contributed by atoms with E-state index in [1.54, 1.807) is 0 Å². The fourth-order valence-electron chi connectivity index (χ4n) is 7.26. The van der Waals surface area contributed by atoms with E-state index >= 15 is 0 Å². The van der Waals surface area contributed by atoms with Crippen molar-refractivity contribution in [2.24, 2.45) is 22.2 Å². The summed E-state index contributed by atoms with van der Waals surface area (Å²) >= 11 is 0. The van der Waals surface area contributed by atoms with Gasteiger partial charge in [0.2, 0.25) is 0 Å². The van der Waals surface area contributed by atoms with Gasteiger partial charge in [-0.25, -0.2) is 0 Å². The number of hydrogen-bond donors (Lipinski definition) is 0. The zero-order chi connectivity index (χ0) is 17.4. The molecule has 3 nitrogen and oxygen atoms in total. The van der Waals surface area contributed by atoms with Gasteiger partial charge in [-0.15, -0.1) is 6.58 Å². The number of epoxide rings is 1. The maximum absolute atomic E-state index is 12.6. The highest BCUT2D eigenvalue weighted by atomic mass is 16.6. The summed E-state index contributed by atoms with van der Waals surface area (Å²) in [6.07, 6.45) is 10.9. The third-order valence-electron chi connectivity index (χ3n) is 8.64. The molecule has 0 aromatic rings. The van der Waals surface area contributed by atoms with Crippen LogP contribution in [0, 0.1) is 22.2 Å². The molecule has 0 N–H and O–H groups in total. The predicted octanol–water partition coefficient (Wildman–Crippen LogP) is 4.65. The molecule has 0 unspecified atom stereocenters. The average Bonchev–Trinajstić information content (AvgIpc) is 3.24. The van der Waals surface area contributed by atoms with Gasteiger partial charge in [-0.05, 0) is 63.2 Å². The molecule has 6 atom stereocenters. The Morgan fingerprint density at radius 3 is 2.58 bits per heavy atom. The second kappa shape index (κ2) is 4.66. The highest BCUT2D eigenvalue weighted by Crippen LogP contribution is 2.78. The largest absolute Gasteiger partial charge is 0.469 e. The summed E-state index contributed by atoms with van der Waals surface area (Å²) in [6, 6.07) is 0. The van der Waals surface area contributed by atoms with Crippen molar-refractivity contribution >= 4 is 5.97 Å². The molecule has 0 aromatic carbocycles. The molecule has 4 fully saturated rings. The Labute approximate surface area is 146 Å². The van der Waals surface area contributed by atoms with E-state index < -0.39 is 0 Å². The van der Waals surface area contributed by atoms with E-state index in [2.05, 4.69) is 33.4 Å². The molecular weight excluding hydrogens is 300 g/mol. The van der Waals surface area contributed by atoms with Gasteiger partial charge < -0.3 is 9.47 Å². The van der Waals surface area contributed by atoms with Crippen molar-refractivity contribution in [2.45, 2.75) is 83.3 Å². The van der Waals surface area contributed by atoms with E-state index in [0.29, 0.717) is 5.92 Å². The number of esters is 1. The standard InChI is InChI=1S/C21H32O3/c1-6-17(2)12-13-21-19(4)10-7-9-18(3,16(22)23-5)15(19)8-11-20(21,14-17)24-21/h6,15H,1,7-14H2,2-5H3/t15-,17+,18+,19-,20+,21+/m0/s1. The van der Waals surface area contributed by atoms with Gasteiger partial charge in [0.05, 0.1) is 18.1 Å². The van der Waals surface area contributed by atoms with Gasteiger partial charge >= 0.3 is 5.97 Å². The Bertz CT molecular complexity index is 600. The van der Waals surface area contributed by atoms with Gasteiger partial charge in [-0.1, -0.05) is 26.3 Å². The maximum Gasteiger partial charge on any atom is 0.311 e. The van der Waals surface area contributed by atoms with Gasteiger partial charge in [0.15, 0.2) is 0 Å². The lowest BCUT2D eigenvalue weighted by molar-refractivity contribution is -0.170. The smallest absolute Gasteiger partial charge is 0.311 e. The van der Waals surface area contributed by atoms with Crippen LogP contribution >= 0.6 is 0 Å². The first-order valence-electron chi connectivity index (χ1n) is 9.63. The molecule has 3 heteroatoms. The minimum Gasteiger partial charge on any atom is -0.469 e. The fraction of sp³-hybridized carbons (Fsp3) is 0.857. The second-order valence-corrected chi connectivity index (χ2v) is 9.73. The average molecular weight is 332 g/mol. The van der Waals surface area contributed by atoms with Gasteiger partial charge in [-0.3, -0.25) is 4.79 Å². The number of methoxy groups -OCH3 is 1. The summed E-state index contributed by atoms with van der Waals surface area (Å²) in [4.78, 5) is 12.6. The molecule has 24 heavy (non-hydrogen) atoms. The van der Waals surface area contributed by atoms with Gasteiger partial charge in [0.25, 0.3) is 0 Å². The molecule has 3 saturated carbocycles. The quantitative estimate of drug-likeness (QED) is 0.420. The molecule has 3 aliphatic carbocycles. The number of ether oxygens (including phenoxy) is 2. The summed E-state index contributed by atoms with van der Waals surface area (Å²) in [6.45, 7) is 11.0. The molecule has 0 bridgehead atoms. The Balaban J connectivity index is 1.72. The number of fused-ring (bicyclic) bond motifs is 1. The van der Waals surface area contributed by atoms with Crippen LogP contribution in [0.25, 0.3) is 0 Å². The third kappa shape index (κ3) is 1.70. The molecule has 0 radical (unpaired) electrons. The van der Waals surface area contributed by atoms with Crippen LogP contribution in [-0.4, -0.2) is 24.3 Å². The van der Waals surface area contributed by atoms with Crippen LogP contribution in [0.1, 0.15) is 72.1 Å². The highest BCUT2D eigenvalue weighted by molar-refractivity contribution is 5.77. The summed E-state index contributed by atoms with van der Waals surface area (Å²) in [5.41, 5.74) is -0.0405. The Morgan fingerprint density at radius 2 is 1.92 bits per heavy atom. The zero-order valence-electron chi connectivity index (χ0n) is 15.7. The Hall–Kier alpha value is -0.830. The van der Waals surface area contributed by atoms with Crippen molar-refractivity contribution in [3.63, 3.8) is 0 Å². The van der Waals surface area contributed by atoms with Crippen molar-refractivity contribution in [3.05, 3.63) is 12.7 Å². The van der Waals surface area contributed by atoms with Crippen LogP contribution in [0.15, 0.2) is 12.7 Å². The van der Waals surface area contributed by atoms with E-state index in [4.69, 9.17) is 9.47 Å². The lowest BCUT2D eigenvalue weighted by Crippen LogP contribution is -2.61. The van der Waals surface area contributed by atoms with Crippen LogP contribution in [-0.2, 0) is 14.3 Å². The van der Waals surface area contributed by atoms with Crippen LogP contribution in [0.3, 0.4) is 0 Å². The summed E-state index contributed by atoms with van der Waals surface area (Å²) in [5, 5.41) is 0. The van der Waals surface area contributed by atoms with Gasteiger partial charge in [0.1, 0.15) is 5.60 Å². The first-order valence-corrected chi connectivity index (χ1v) is 9.63. The second-order valence-electron chi connectivity index (χ2n) is 9.73. The minimum absolute atomic E-state index is 0.0128. The number of carbonyl (C=O) groups is 1. The third-order valence-corrected chi connectivity index (χ3v) is 8.64. The maximum atomic E-state index is 12.6. The summed E-state index contributed by atoms with van der Waals surface area (Å²) in [7, 11) is 1.54. The molecule has 134 valence electrons. The van der Waals surface area contributed by atoms with Crippen LogP contribution in [0.5, 0.6) is 0 Å². The van der Waals surface area contributed by atoms with Gasteiger partial charge in [0, 0.05) is 5.41 Å². The summed E-state index contributed by atoms with van der Waals surface area (Å²) in [5.74, 6) is 0.352. The monoisotopic (exact) mass is 332 g/mol. The van der Waals surface area contributed by atoms with Crippen molar-refractivity contribution in [2.75, 3.05) is 7.11 Å². The molecule has 4 rings (SSSR count). The fourth-order valence-corrected chi connectivity index (χ4v) is 7.26.